The molecule has 2 atom stereocenters. The fourth-order valence-electron chi connectivity index (χ4n) is 4.20. The Labute approximate surface area is 196 Å². The Morgan fingerprint density at radius 2 is 1.64 bits per heavy atom. The Kier molecular flexibility index (Phi) is 6.57. The highest BCUT2D eigenvalue weighted by molar-refractivity contribution is 7.89. The van der Waals surface area contributed by atoms with Gasteiger partial charge in [-0.1, -0.05) is 11.6 Å². The monoisotopic (exact) mass is 494 g/mol. The highest BCUT2D eigenvalue weighted by Crippen LogP contribution is 2.29. The van der Waals surface area contributed by atoms with Crippen LogP contribution in [0.4, 0.5) is 11.4 Å². The first-order valence-corrected chi connectivity index (χ1v) is 12.2. The first-order chi connectivity index (χ1) is 15.7. The molecule has 10 nitrogen and oxygen atoms in total. The van der Waals surface area contributed by atoms with Crippen LogP contribution in [0.25, 0.3) is 0 Å². The van der Waals surface area contributed by atoms with Crippen LogP contribution in [-0.2, 0) is 14.8 Å². The number of nitro groups is 1. The minimum absolute atomic E-state index is 0.00865. The third-order valence-corrected chi connectivity index (χ3v) is 8.10. The van der Waals surface area contributed by atoms with Gasteiger partial charge in [0, 0.05) is 62.0 Å². The molecule has 0 bridgehead atoms. The van der Waals surface area contributed by atoms with Crippen LogP contribution < -0.4 is 4.90 Å². The number of sulfonamides is 1. The highest BCUT2D eigenvalue weighted by Gasteiger charge is 2.45. The second-order valence-corrected chi connectivity index (χ2v) is 10.3. The summed E-state index contributed by atoms with van der Waals surface area (Å²) in [5.74, 6) is -0.340. The second-order valence-electron chi connectivity index (χ2n) is 8.02. The van der Waals surface area contributed by atoms with Crippen molar-refractivity contribution in [2.75, 3.05) is 37.6 Å². The summed E-state index contributed by atoms with van der Waals surface area (Å²) in [5.41, 5.74) is 0.824. The predicted molar refractivity (Wildman–Crippen MR) is 122 cm³/mol. The first-order valence-electron chi connectivity index (χ1n) is 10.4. The number of rotatable bonds is 5. The smallest absolute Gasteiger partial charge is 0.269 e. The zero-order chi connectivity index (χ0) is 23.8. The van der Waals surface area contributed by atoms with Crippen molar-refractivity contribution in [3.8, 4) is 0 Å². The number of carbonyl (C=O) groups excluding carboxylic acids is 1. The van der Waals surface area contributed by atoms with Crippen molar-refractivity contribution in [3.63, 3.8) is 0 Å². The van der Waals surface area contributed by atoms with E-state index in [1.165, 1.54) is 36.4 Å². The van der Waals surface area contributed by atoms with Gasteiger partial charge in [0.15, 0.2) is 0 Å². The van der Waals surface area contributed by atoms with Gasteiger partial charge in [-0.3, -0.25) is 14.9 Å². The van der Waals surface area contributed by atoms with E-state index in [-0.39, 0.29) is 29.5 Å². The Morgan fingerprint density at radius 1 is 1.03 bits per heavy atom. The van der Waals surface area contributed by atoms with Crippen LogP contribution in [0.3, 0.4) is 0 Å². The van der Waals surface area contributed by atoms with Crippen molar-refractivity contribution in [1.29, 1.82) is 0 Å². The van der Waals surface area contributed by atoms with Crippen LogP contribution in [0.2, 0.25) is 5.02 Å². The number of carbonyl (C=O) groups is 1. The third kappa shape index (κ3) is 4.81. The third-order valence-electron chi connectivity index (χ3n) is 5.96. The summed E-state index contributed by atoms with van der Waals surface area (Å²) in [5, 5.41) is 21.4. The zero-order valence-electron chi connectivity index (χ0n) is 17.6. The number of hydrogen-bond acceptors (Lipinski definition) is 7. The topological polar surface area (TPSA) is 124 Å². The quantitative estimate of drug-likeness (QED) is 0.495. The average Bonchev–Trinajstić information content (AvgIpc) is 3.21. The number of piperazine rings is 1. The van der Waals surface area contributed by atoms with Gasteiger partial charge in [0.1, 0.15) is 6.04 Å². The van der Waals surface area contributed by atoms with Crippen LogP contribution in [0.15, 0.2) is 53.4 Å². The van der Waals surface area contributed by atoms with Crippen molar-refractivity contribution < 1.29 is 23.2 Å². The van der Waals surface area contributed by atoms with E-state index in [2.05, 4.69) is 0 Å². The van der Waals surface area contributed by atoms with E-state index in [9.17, 15) is 28.4 Å². The van der Waals surface area contributed by atoms with E-state index >= 15 is 0 Å². The van der Waals surface area contributed by atoms with E-state index in [0.29, 0.717) is 31.2 Å². The number of aliphatic hydroxyl groups excluding tert-OH is 1. The van der Waals surface area contributed by atoms with Crippen LogP contribution in [-0.4, -0.2) is 78.4 Å². The highest BCUT2D eigenvalue weighted by atomic mass is 35.5. The van der Waals surface area contributed by atoms with Crippen LogP contribution in [0, 0.1) is 10.1 Å². The molecule has 2 saturated heterocycles. The molecule has 0 unspecified atom stereocenters. The van der Waals surface area contributed by atoms with Crippen molar-refractivity contribution in [3.05, 3.63) is 63.7 Å². The summed E-state index contributed by atoms with van der Waals surface area (Å²) in [6.45, 7) is 1.60. The number of non-ortho nitro benzene ring substituents is 1. The number of benzene rings is 2. The van der Waals surface area contributed by atoms with Crippen molar-refractivity contribution in [2.45, 2.75) is 23.5 Å². The first kappa shape index (κ1) is 23.4. The minimum Gasteiger partial charge on any atom is -0.392 e. The lowest BCUT2D eigenvalue weighted by molar-refractivity contribution is -0.384. The van der Waals surface area contributed by atoms with Gasteiger partial charge < -0.3 is 14.9 Å². The predicted octanol–water partition coefficient (Wildman–Crippen LogP) is 1.72. The molecule has 12 heteroatoms. The minimum atomic E-state index is -3.98. The van der Waals surface area contributed by atoms with E-state index in [1.807, 2.05) is 4.90 Å². The zero-order valence-corrected chi connectivity index (χ0v) is 19.2. The maximum atomic E-state index is 13.2. The van der Waals surface area contributed by atoms with Gasteiger partial charge in [-0.25, -0.2) is 8.42 Å². The summed E-state index contributed by atoms with van der Waals surface area (Å²) in [7, 11) is -3.98. The number of halogens is 1. The summed E-state index contributed by atoms with van der Waals surface area (Å²) in [6.07, 6.45) is -0.892. The van der Waals surface area contributed by atoms with Gasteiger partial charge in [-0.2, -0.15) is 4.31 Å². The maximum absolute atomic E-state index is 13.2. The molecule has 2 aliphatic rings. The standard InChI is InChI=1S/C21H23ClN4O6S/c22-15-1-7-19(8-2-15)33(31,32)25-14-18(27)13-20(25)21(28)24-11-9-23(10-12-24)16-3-5-17(6-4-16)26(29)30/h1-8,18,20,27H,9-14H2/t18-,20-/m1/s1. The number of amides is 1. The van der Waals surface area contributed by atoms with E-state index in [4.69, 9.17) is 11.6 Å². The normalized spacial score (nSPS) is 21.9. The number of nitro benzene ring substituents is 1. The molecule has 2 aromatic carbocycles. The van der Waals surface area contributed by atoms with E-state index < -0.39 is 27.1 Å². The number of anilines is 1. The van der Waals surface area contributed by atoms with Gasteiger partial charge in [0.2, 0.25) is 15.9 Å². The molecule has 0 aliphatic carbocycles. The number of hydrogen-bond donors (Lipinski definition) is 1. The molecule has 0 spiro atoms. The van der Waals surface area contributed by atoms with Crippen molar-refractivity contribution >= 4 is 38.9 Å². The van der Waals surface area contributed by atoms with Crippen molar-refractivity contribution in [2.24, 2.45) is 0 Å². The summed E-state index contributed by atoms with van der Waals surface area (Å²) in [6, 6.07) is 10.9. The van der Waals surface area contributed by atoms with Crippen LogP contribution in [0.1, 0.15) is 6.42 Å². The second kappa shape index (κ2) is 9.26. The lowest BCUT2D eigenvalue weighted by Crippen LogP contribution is -2.54. The van der Waals surface area contributed by atoms with Gasteiger partial charge in [-0.05, 0) is 36.4 Å². The van der Waals surface area contributed by atoms with Gasteiger partial charge in [0.25, 0.3) is 5.69 Å². The molecule has 2 aliphatic heterocycles. The van der Waals surface area contributed by atoms with Crippen LogP contribution >= 0.6 is 11.6 Å². The average molecular weight is 495 g/mol. The Balaban J connectivity index is 1.45. The van der Waals surface area contributed by atoms with Crippen molar-refractivity contribution in [1.82, 2.24) is 9.21 Å². The molecule has 2 aromatic rings. The summed E-state index contributed by atoms with van der Waals surface area (Å²) in [4.78, 5) is 27.3. The molecule has 2 heterocycles. The number of β-amino-alcohol motifs (C(OH)–C–C–N with tert-alkyl or cyclic N) is 1. The molecular formula is C21H23ClN4O6S. The molecule has 4 rings (SSSR count). The summed E-state index contributed by atoms with van der Waals surface area (Å²) >= 11 is 5.86. The molecule has 0 aromatic heterocycles. The lowest BCUT2D eigenvalue weighted by atomic mass is 10.1. The molecular weight excluding hydrogens is 472 g/mol. The summed E-state index contributed by atoms with van der Waals surface area (Å²) < 4.78 is 27.4. The van der Waals surface area contributed by atoms with E-state index in [0.717, 1.165) is 9.99 Å². The molecule has 2 fully saturated rings. The SMILES string of the molecule is O=C([C@H]1C[C@@H](O)CN1S(=O)(=O)c1ccc(Cl)cc1)N1CCN(c2ccc([N+](=O)[O-])cc2)CC1. The van der Waals surface area contributed by atoms with Crippen LogP contribution in [0.5, 0.6) is 0 Å². The Bertz CT molecular complexity index is 1130. The Hall–Kier alpha value is -2.73. The fourth-order valence-corrected chi connectivity index (χ4v) is 5.95. The number of aliphatic hydroxyl groups is 1. The largest absolute Gasteiger partial charge is 0.392 e. The van der Waals surface area contributed by atoms with Gasteiger partial charge in [0.05, 0.1) is 15.9 Å². The lowest BCUT2D eigenvalue weighted by Gasteiger charge is -2.38. The fraction of sp³-hybridized carbons (Fsp3) is 0.381. The van der Waals surface area contributed by atoms with Gasteiger partial charge in [-0.15, -0.1) is 0 Å². The van der Waals surface area contributed by atoms with E-state index in [1.54, 1.807) is 17.0 Å². The molecule has 0 radical (unpaired) electrons. The van der Waals surface area contributed by atoms with Gasteiger partial charge >= 0.3 is 0 Å². The molecule has 0 saturated carbocycles. The molecule has 1 amide bonds. The molecule has 1 N–H and O–H groups in total. The maximum Gasteiger partial charge on any atom is 0.269 e. The Morgan fingerprint density at radius 3 is 2.21 bits per heavy atom. The molecule has 176 valence electrons. The molecule has 33 heavy (non-hydrogen) atoms. The number of nitrogens with zero attached hydrogens (tertiary/aromatic N) is 4.